The number of carbonyl (C=O) groups is 1. The highest BCUT2D eigenvalue weighted by atomic mass is 79.9. The number of nitrogens with zero attached hydrogens (tertiary/aromatic N) is 1. The summed E-state index contributed by atoms with van der Waals surface area (Å²) < 4.78 is 11.4. The lowest BCUT2D eigenvalue weighted by molar-refractivity contribution is 0.0106. The molecule has 1 fully saturated rings. The minimum absolute atomic E-state index is 0.216. The highest BCUT2D eigenvalue weighted by Gasteiger charge is 2.27. The average Bonchev–Trinajstić information content (AvgIpc) is 2.63. The second kappa shape index (κ2) is 11.0. The molecule has 0 spiro atoms. The molecule has 2 rings (SSSR count). The SMILES string of the molecule is CN(C(=O)Oc1ccc(Cl)cc1)C1CCC(OCCCCCBr)CC1. The highest BCUT2D eigenvalue weighted by molar-refractivity contribution is 9.09. The van der Waals surface area contributed by atoms with Gasteiger partial charge in [0.25, 0.3) is 0 Å². The third kappa shape index (κ3) is 7.16. The summed E-state index contributed by atoms with van der Waals surface area (Å²) in [6, 6.07) is 7.05. The first kappa shape index (κ1) is 20.5. The second-order valence-corrected chi connectivity index (χ2v) is 7.71. The Morgan fingerprint density at radius 1 is 1.16 bits per heavy atom. The molecule has 1 aromatic carbocycles. The Morgan fingerprint density at radius 2 is 1.84 bits per heavy atom. The zero-order chi connectivity index (χ0) is 18.1. The summed E-state index contributed by atoms with van der Waals surface area (Å²) in [7, 11) is 1.81. The monoisotopic (exact) mass is 431 g/mol. The van der Waals surface area contributed by atoms with Crippen molar-refractivity contribution in [2.75, 3.05) is 19.0 Å². The van der Waals surface area contributed by atoms with Crippen LogP contribution in [0.25, 0.3) is 0 Å². The largest absolute Gasteiger partial charge is 0.415 e. The molecule has 0 heterocycles. The molecule has 1 saturated carbocycles. The van der Waals surface area contributed by atoms with Crippen LogP contribution in [0.3, 0.4) is 0 Å². The summed E-state index contributed by atoms with van der Waals surface area (Å²) in [5.74, 6) is 0.516. The van der Waals surface area contributed by atoms with E-state index in [4.69, 9.17) is 21.1 Å². The normalized spacial score (nSPS) is 20.3. The first-order valence-corrected chi connectivity index (χ1v) is 10.5. The second-order valence-electron chi connectivity index (χ2n) is 6.48. The number of amides is 1. The van der Waals surface area contributed by atoms with E-state index in [0.29, 0.717) is 16.9 Å². The number of benzene rings is 1. The van der Waals surface area contributed by atoms with Gasteiger partial charge in [0, 0.05) is 30.0 Å². The fourth-order valence-electron chi connectivity index (χ4n) is 3.05. The van der Waals surface area contributed by atoms with Gasteiger partial charge in [-0.1, -0.05) is 34.0 Å². The molecule has 140 valence electrons. The van der Waals surface area contributed by atoms with Gasteiger partial charge in [0.1, 0.15) is 5.75 Å². The first-order chi connectivity index (χ1) is 12.1. The minimum Gasteiger partial charge on any atom is -0.410 e. The highest BCUT2D eigenvalue weighted by Crippen LogP contribution is 2.25. The summed E-state index contributed by atoms with van der Waals surface area (Å²) in [5, 5.41) is 1.69. The number of unbranched alkanes of at least 4 members (excludes halogenated alkanes) is 2. The predicted octanol–water partition coefficient (Wildman–Crippen LogP) is 5.66. The topological polar surface area (TPSA) is 38.8 Å². The van der Waals surface area contributed by atoms with Crippen LogP contribution in [0, 0.1) is 0 Å². The van der Waals surface area contributed by atoms with Crippen LogP contribution < -0.4 is 4.74 Å². The molecule has 1 aliphatic carbocycles. The van der Waals surface area contributed by atoms with Crippen LogP contribution in [0.1, 0.15) is 44.9 Å². The van der Waals surface area contributed by atoms with E-state index in [1.807, 2.05) is 7.05 Å². The summed E-state index contributed by atoms with van der Waals surface area (Å²) in [4.78, 5) is 14.0. The van der Waals surface area contributed by atoms with Gasteiger partial charge in [-0.25, -0.2) is 4.79 Å². The number of carbonyl (C=O) groups excluding carboxylic acids is 1. The number of halogens is 2. The Bertz CT molecular complexity index is 518. The molecule has 0 aliphatic heterocycles. The van der Waals surface area contributed by atoms with Crippen LogP contribution in [-0.4, -0.2) is 42.1 Å². The van der Waals surface area contributed by atoms with Gasteiger partial charge in [-0.15, -0.1) is 0 Å². The van der Waals surface area contributed by atoms with Crippen LogP contribution in [0.5, 0.6) is 5.75 Å². The van der Waals surface area contributed by atoms with E-state index in [1.54, 1.807) is 29.2 Å². The maximum Gasteiger partial charge on any atom is 0.415 e. The summed E-state index contributed by atoms with van der Waals surface area (Å²) in [5.41, 5.74) is 0. The third-order valence-electron chi connectivity index (χ3n) is 4.63. The molecule has 0 aromatic heterocycles. The lowest BCUT2D eigenvalue weighted by Crippen LogP contribution is -2.42. The summed E-state index contributed by atoms with van der Waals surface area (Å²) in [6.07, 6.45) is 7.47. The Kier molecular flexibility index (Phi) is 9.07. The van der Waals surface area contributed by atoms with Gasteiger partial charge < -0.3 is 14.4 Å². The molecular weight excluding hydrogens is 406 g/mol. The standard InChI is InChI=1S/C19H27BrClNO3/c1-22(19(23)25-18-9-5-15(21)6-10-18)16-7-11-17(12-8-16)24-14-4-2-3-13-20/h5-6,9-10,16-17H,2-4,7-8,11-14H2,1H3. The quantitative estimate of drug-likeness (QED) is 0.393. The van der Waals surface area contributed by atoms with Crippen LogP contribution in [-0.2, 0) is 4.74 Å². The molecule has 4 nitrogen and oxygen atoms in total. The molecule has 0 saturated heterocycles. The smallest absolute Gasteiger partial charge is 0.410 e. The van der Waals surface area contributed by atoms with Crippen LogP contribution in [0.4, 0.5) is 4.79 Å². The molecule has 25 heavy (non-hydrogen) atoms. The third-order valence-corrected chi connectivity index (χ3v) is 5.44. The van der Waals surface area contributed by atoms with Crippen LogP contribution >= 0.6 is 27.5 Å². The predicted molar refractivity (Wildman–Crippen MR) is 105 cm³/mol. The lowest BCUT2D eigenvalue weighted by Gasteiger charge is -2.34. The number of ether oxygens (including phenoxy) is 2. The molecule has 1 amide bonds. The minimum atomic E-state index is -0.318. The van der Waals surface area contributed by atoms with Gasteiger partial charge in [0.05, 0.1) is 6.10 Å². The van der Waals surface area contributed by atoms with Crippen molar-refractivity contribution in [2.24, 2.45) is 0 Å². The zero-order valence-electron chi connectivity index (χ0n) is 14.8. The number of hydrogen-bond donors (Lipinski definition) is 0. The number of alkyl halides is 1. The van der Waals surface area contributed by atoms with E-state index in [9.17, 15) is 4.79 Å². The lowest BCUT2D eigenvalue weighted by atomic mass is 9.92. The van der Waals surface area contributed by atoms with Crippen molar-refractivity contribution < 1.29 is 14.3 Å². The van der Waals surface area contributed by atoms with E-state index < -0.39 is 0 Å². The van der Waals surface area contributed by atoms with E-state index in [0.717, 1.165) is 44.0 Å². The van der Waals surface area contributed by atoms with Gasteiger partial charge in [0.15, 0.2) is 0 Å². The average molecular weight is 433 g/mol. The van der Waals surface area contributed by atoms with Crippen LogP contribution in [0.2, 0.25) is 5.02 Å². The molecular formula is C19H27BrClNO3. The molecule has 0 atom stereocenters. The molecule has 0 N–H and O–H groups in total. The zero-order valence-corrected chi connectivity index (χ0v) is 17.1. The van der Waals surface area contributed by atoms with E-state index in [2.05, 4.69) is 15.9 Å². The Balaban J connectivity index is 1.68. The molecule has 0 radical (unpaired) electrons. The maximum absolute atomic E-state index is 12.3. The molecule has 0 bridgehead atoms. The molecule has 1 aliphatic rings. The van der Waals surface area contributed by atoms with Gasteiger partial charge >= 0.3 is 6.09 Å². The van der Waals surface area contributed by atoms with Gasteiger partial charge in [0.2, 0.25) is 0 Å². The number of hydrogen-bond acceptors (Lipinski definition) is 3. The maximum atomic E-state index is 12.3. The van der Waals surface area contributed by atoms with Crippen LogP contribution in [0.15, 0.2) is 24.3 Å². The molecule has 6 heteroatoms. The van der Waals surface area contributed by atoms with Gasteiger partial charge in [-0.3, -0.25) is 0 Å². The van der Waals surface area contributed by atoms with Gasteiger partial charge in [-0.05, 0) is 62.8 Å². The Morgan fingerprint density at radius 3 is 2.48 bits per heavy atom. The van der Waals surface area contributed by atoms with Crippen molar-refractivity contribution >= 4 is 33.6 Å². The van der Waals surface area contributed by atoms with Crippen molar-refractivity contribution in [1.29, 1.82) is 0 Å². The fraction of sp³-hybridized carbons (Fsp3) is 0.632. The molecule has 1 aromatic rings. The van der Waals surface area contributed by atoms with E-state index >= 15 is 0 Å². The van der Waals surface area contributed by atoms with Crippen molar-refractivity contribution in [1.82, 2.24) is 4.90 Å². The van der Waals surface area contributed by atoms with E-state index in [-0.39, 0.29) is 12.1 Å². The van der Waals surface area contributed by atoms with Gasteiger partial charge in [-0.2, -0.15) is 0 Å². The van der Waals surface area contributed by atoms with Crippen molar-refractivity contribution in [3.8, 4) is 5.75 Å². The van der Waals surface area contributed by atoms with Crippen molar-refractivity contribution in [3.05, 3.63) is 29.3 Å². The Hall–Kier alpha value is -0.780. The van der Waals surface area contributed by atoms with E-state index in [1.165, 1.54) is 12.8 Å². The first-order valence-electron chi connectivity index (χ1n) is 8.98. The molecule has 0 unspecified atom stereocenters. The van der Waals surface area contributed by atoms with Crippen molar-refractivity contribution in [2.45, 2.75) is 57.1 Å². The Labute approximate surface area is 163 Å². The summed E-state index contributed by atoms with van der Waals surface area (Å²) >= 11 is 9.29. The summed E-state index contributed by atoms with van der Waals surface area (Å²) in [6.45, 7) is 0.844. The fourth-order valence-corrected chi connectivity index (χ4v) is 3.57. The number of rotatable bonds is 8. The van der Waals surface area contributed by atoms with Crippen molar-refractivity contribution in [3.63, 3.8) is 0 Å².